The van der Waals surface area contributed by atoms with Gasteiger partial charge in [-0.2, -0.15) is 0 Å². The van der Waals surface area contributed by atoms with E-state index in [1.165, 1.54) is 22.3 Å². The molecule has 6 heterocycles. The molecule has 0 radical (unpaired) electrons. The van der Waals surface area contributed by atoms with Crippen LogP contribution in [0.25, 0.3) is 0 Å². The zero-order valence-corrected chi connectivity index (χ0v) is 78.8. The number of aromatic nitrogens is 2. The fourth-order valence-corrected chi connectivity index (χ4v) is 18.2. The van der Waals surface area contributed by atoms with Gasteiger partial charge in [0.25, 0.3) is 18.3 Å². The third-order valence-corrected chi connectivity index (χ3v) is 25.2. The predicted octanol–water partition coefficient (Wildman–Crippen LogP) is -7.03. The van der Waals surface area contributed by atoms with Crippen molar-refractivity contribution in [1.29, 1.82) is 0 Å². The summed E-state index contributed by atoms with van der Waals surface area (Å²) in [5.74, 6) is -5.96. The Morgan fingerprint density at radius 2 is 1.26 bits per heavy atom. The van der Waals surface area contributed by atoms with Crippen molar-refractivity contribution in [3.05, 3.63) is 54.1 Å². The van der Waals surface area contributed by atoms with E-state index in [0.29, 0.717) is 72.6 Å². The largest absolute Gasteiger partial charge is 1.00 e. The molecule has 0 bridgehead atoms. The Morgan fingerprint density at radius 3 is 1.87 bits per heavy atom. The SMILES string of the molecule is CCCC[C@@H]1NC(=O)[C@@H]2CCCN2C(=O)CNC(=O)[C@H](CCCCN)NC(=O)[C@H](Cc2cnc[nH]2)NC(=O)[C@@H](NC(=O)[C@H](CC(C)C)NC(=O)[C@H](CCCN=C(N)N)NC(=O)[C@@H]2CCCN2C(=O)[C@H](CCCN=C(N)N)NC(=O)[C@@H]2CCC(=O)N2)CSSC[C@@H](C(=O)N[C@@H](Cc2ccccc2)C(=O)O)NC1=O.O=C(OCC1C2CCC#CCCC21)ON1C(=O)CCC1=O.O=CO[O-].[Na+]. The number of imidazole rings is 1. The molecule has 133 heavy (non-hydrogen) atoms. The Hall–Kier alpha value is -11.4. The summed E-state index contributed by atoms with van der Waals surface area (Å²) in [5.41, 5.74) is 29.1. The van der Waals surface area contributed by atoms with Crippen LogP contribution in [0, 0.1) is 35.5 Å². The maximum Gasteiger partial charge on any atom is 1.00 e. The molecule has 2 unspecified atom stereocenters. The molecule has 726 valence electrons. The molecule has 49 heteroatoms. The van der Waals surface area contributed by atoms with Crippen LogP contribution in [-0.4, -0.2) is 279 Å². The Balaban J connectivity index is 0.000000894. The maximum atomic E-state index is 15.2. The molecule has 14 atom stereocenters. The van der Waals surface area contributed by atoms with Crippen molar-refractivity contribution >= 4 is 141 Å². The number of aliphatic imine (C=N–C) groups is 2. The number of carboxylic acids is 1. The third-order valence-electron chi connectivity index (χ3n) is 22.7. The number of H-pyrrole nitrogens is 1. The number of hydrogen-bond acceptors (Lipinski definition) is 28. The molecule has 9 rings (SSSR count). The number of aromatic amines is 1. The molecule has 0 spiro atoms. The number of hydroxylamine groups is 2. The number of carbonyl (C=O) groups is 18. The van der Waals surface area contributed by atoms with Gasteiger partial charge in [-0.05, 0) is 139 Å². The van der Waals surface area contributed by atoms with E-state index >= 15 is 9.59 Å². The van der Waals surface area contributed by atoms with Crippen molar-refractivity contribution < 1.29 is 141 Å². The monoisotopic (exact) mass is 1910 g/mol. The van der Waals surface area contributed by atoms with E-state index in [4.69, 9.17) is 43.5 Å². The quantitative estimate of drug-likeness (QED) is 0.00255. The van der Waals surface area contributed by atoms with Gasteiger partial charge in [0.1, 0.15) is 72.5 Å². The van der Waals surface area contributed by atoms with Gasteiger partial charge in [0, 0.05) is 94.5 Å². The van der Waals surface area contributed by atoms with Gasteiger partial charge in [-0.15, -0.1) is 11.8 Å². The minimum Gasteiger partial charge on any atom is -0.662 e. The zero-order valence-electron chi connectivity index (χ0n) is 75.2. The van der Waals surface area contributed by atoms with Gasteiger partial charge < -0.3 is 122 Å². The number of ether oxygens (including phenoxy) is 1. The summed E-state index contributed by atoms with van der Waals surface area (Å²) in [5, 5.41) is 49.0. The number of guanidine groups is 2. The van der Waals surface area contributed by atoms with Crippen LogP contribution in [0.5, 0.6) is 0 Å². The van der Waals surface area contributed by atoms with E-state index < -0.39 is 174 Å². The summed E-state index contributed by atoms with van der Waals surface area (Å²) in [6.45, 7) is 5.41. The number of unbranched alkanes of at least 4 members (excludes halogenated alkanes) is 2. The van der Waals surface area contributed by atoms with E-state index in [0.717, 1.165) is 47.3 Å². The van der Waals surface area contributed by atoms with Crippen LogP contribution in [0.2, 0.25) is 0 Å². The average Bonchev–Trinajstić information content (AvgIpc) is 1.62. The number of hydrogen-bond donors (Lipinski definition) is 18. The van der Waals surface area contributed by atoms with E-state index in [1.807, 2.05) is 6.92 Å². The van der Waals surface area contributed by atoms with E-state index in [2.05, 4.69) is 100 Å². The molecule has 7 aliphatic rings. The molecule has 5 aliphatic heterocycles. The van der Waals surface area contributed by atoms with E-state index in [9.17, 15) is 77.0 Å². The first-order valence-electron chi connectivity index (χ1n) is 44.3. The molecule has 2 aliphatic carbocycles. The fraction of sp³-hybridized carbons (Fsp3) is 0.631. The number of fused-ring (bicyclic) bond motifs is 2. The van der Waals surface area contributed by atoms with Gasteiger partial charge in [-0.3, -0.25) is 91.5 Å². The van der Waals surface area contributed by atoms with E-state index in [1.54, 1.807) is 44.2 Å². The number of nitrogens with one attached hydrogen (secondary N) is 12. The smallest absolute Gasteiger partial charge is 0.662 e. The minimum absolute atomic E-state index is 0. The van der Waals surface area contributed by atoms with Crippen LogP contribution >= 0.6 is 21.6 Å². The molecule has 23 N–H and O–H groups in total. The second kappa shape index (κ2) is 57.9. The Labute approximate surface area is 799 Å². The van der Waals surface area contributed by atoms with Crippen LogP contribution in [0.1, 0.15) is 180 Å². The number of nitrogens with zero attached hydrogens (tertiary/aromatic N) is 6. The van der Waals surface area contributed by atoms with Crippen LogP contribution in [0.15, 0.2) is 52.8 Å². The summed E-state index contributed by atoms with van der Waals surface area (Å²) in [7, 11) is 1.84. The number of rotatable bonds is 37. The molecule has 1 aromatic carbocycles. The number of nitrogens with two attached hydrogens (primary N) is 5. The number of aliphatic carboxylic acids is 1. The molecule has 6 fully saturated rings. The second-order valence-corrected chi connectivity index (χ2v) is 35.6. The summed E-state index contributed by atoms with van der Waals surface area (Å²) in [4.78, 5) is 267. The Morgan fingerprint density at radius 1 is 0.662 bits per heavy atom. The van der Waals surface area contributed by atoms with Crippen molar-refractivity contribution in [2.75, 3.05) is 57.4 Å². The number of imide groups is 1. The number of benzene rings is 1. The molecular weight excluding hydrogens is 1790 g/mol. The summed E-state index contributed by atoms with van der Waals surface area (Å²) < 4.78 is 5.05. The van der Waals surface area contributed by atoms with Gasteiger partial charge in [0.15, 0.2) is 11.9 Å². The number of carboxylic acid groups (broad SMARTS) is 1. The number of amides is 15. The van der Waals surface area contributed by atoms with Gasteiger partial charge in [0.2, 0.25) is 76.8 Å². The molecule has 46 nitrogen and oxygen atoms in total. The van der Waals surface area contributed by atoms with Gasteiger partial charge in [0.05, 0.1) is 19.5 Å². The predicted molar refractivity (Wildman–Crippen MR) is 475 cm³/mol. The summed E-state index contributed by atoms with van der Waals surface area (Å²) in [6, 6.07) is -7.51. The Bertz CT molecular complexity index is 4390. The van der Waals surface area contributed by atoms with Crippen molar-refractivity contribution in [3.63, 3.8) is 0 Å². The van der Waals surface area contributed by atoms with Crippen molar-refractivity contribution in [2.24, 2.45) is 62.3 Å². The van der Waals surface area contributed by atoms with Crippen LogP contribution < -0.4 is 122 Å². The first kappa shape index (κ1) is 110. The molecule has 1 saturated carbocycles. The molecule has 2 aromatic rings. The second-order valence-electron chi connectivity index (χ2n) is 33.0. The maximum absolute atomic E-state index is 15.2. The van der Waals surface area contributed by atoms with Crippen LogP contribution in [0.3, 0.4) is 0 Å². The van der Waals surface area contributed by atoms with E-state index in [-0.39, 0.29) is 207 Å². The van der Waals surface area contributed by atoms with Gasteiger partial charge >= 0.3 is 41.7 Å². The van der Waals surface area contributed by atoms with Crippen molar-refractivity contribution in [3.8, 4) is 11.8 Å². The van der Waals surface area contributed by atoms with Crippen molar-refractivity contribution in [1.82, 2.24) is 83.3 Å². The number of likely N-dealkylation sites (tertiary alicyclic amines) is 1. The normalized spacial score (nSPS) is 23.1. The van der Waals surface area contributed by atoms with Crippen molar-refractivity contribution in [2.45, 2.75) is 254 Å². The molecular formula is C84H124N23NaO23S2. The van der Waals surface area contributed by atoms with Crippen LogP contribution in [0.4, 0.5) is 4.79 Å². The topological polar surface area (TPSA) is 704 Å². The molecule has 1 aromatic heterocycles. The zero-order chi connectivity index (χ0) is 96.3. The van der Waals surface area contributed by atoms with Gasteiger partial charge in [-0.1, -0.05) is 90.6 Å². The first-order chi connectivity index (χ1) is 63.2. The minimum atomic E-state index is -1.63. The fourth-order valence-electron chi connectivity index (χ4n) is 15.8. The summed E-state index contributed by atoms with van der Waals surface area (Å²) >= 11 is 0. The Kier molecular flexibility index (Phi) is 48.1. The van der Waals surface area contributed by atoms with Gasteiger partial charge in [-0.25, -0.2) is 14.6 Å². The first-order valence-corrected chi connectivity index (χ1v) is 46.8. The third kappa shape index (κ3) is 37.2. The van der Waals surface area contributed by atoms with Crippen LogP contribution in [-0.2, 0) is 109 Å². The number of carbonyl (C=O) groups excluding carboxylic acids is 17. The molecule has 15 amide bonds. The molecule has 5 saturated heterocycles. The average molecular weight is 1910 g/mol. The standard InChI is InChI=1S/C68H106N22O15S2.C15H17NO5.CH2O3.Na/c1-4-5-17-42-57(95)87-50(62(100)86-48(66(104)105)31-39-15-7-6-8-16-39)36-107-106-35-49(61(99)85-47(32-40-33-74-37-78-40)60(98)80-41(18-9-10-25-69)55(93)77-34-54(92)89-28-13-21-51(89)63(101)81-42)88-59(97)46(30-38(2)3)84-56(94)43(19-11-26-75-67(70)71)82-64(102)52-22-14-29-90(52)65(103)45(20-12-27-76-68(72)73)83-58(96)44-23-24-53(91)79-44;17-13-7-8-14(18)16(13)21-15(19)20-9-12-10-5-3-1-2-4-6-11(10)12;2-1-4-3;/h6-8,15-16,33,37-38,41-52H,4-5,9-14,17-32,34-36,69H2,1-3H3,(H,74,78)(H,77,93)(H,79,91)(H,80,98)(H,81,101)(H,82,102)(H,83,96)(H,84,94)(H,85,99)(H,86,100)(H,87,95)(H,88,97)(H,104,105)(H4,70,71,75)(H4,72,73,76);10-12H,3-9H2;1,3H;/q;;;+1/p-1/t41-,42-,43-,44-,45-,46-,47-,48-,49-,50-,51-,52-;;;/m0.../s1. The summed E-state index contributed by atoms with van der Waals surface area (Å²) in [6.07, 6.45) is 8.83.